The van der Waals surface area contributed by atoms with E-state index in [4.69, 9.17) is 16.3 Å². The van der Waals surface area contributed by atoms with Crippen LogP contribution in [0.15, 0.2) is 30.3 Å². The normalized spacial score (nSPS) is 10.8. The first-order valence-corrected chi connectivity index (χ1v) is 7.17. The third-order valence-corrected chi connectivity index (χ3v) is 3.55. The number of hydrogen-bond donors (Lipinski definition) is 1. The standard InChI is InChI=1S/C16H19ClO2/c1-12-15-7-6-14(19-10-4-2-3-9-17)11-13(15)5-8-16(12)18/h5-8,11,18H,2-4,9-10H2,1H3. The number of halogens is 1. The first-order valence-electron chi connectivity index (χ1n) is 6.63. The zero-order valence-corrected chi connectivity index (χ0v) is 11.9. The number of phenols is 1. The smallest absolute Gasteiger partial charge is 0.119 e. The van der Waals surface area contributed by atoms with E-state index < -0.39 is 0 Å². The van der Waals surface area contributed by atoms with E-state index in [1.54, 1.807) is 6.07 Å². The molecule has 0 aliphatic rings. The molecule has 0 saturated heterocycles. The largest absolute Gasteiger partial charge is 0.508 e. The third-order valence-electron chi connectivity index (χ3n) is 3.28. The quantitative estimate of drug-likeness (QED) is 0.616. The van der Waals surface area contributed by atoms with Crippen molar-refractivity contribution in [2.75, 3.05) is 12.5 Å². The Morgan fingerprint density at radius 2 is 1.95 bits per heavy atom. The van der Waals surface area contributed by atoms with Crippen LogP contribution < -0.4 is 4.74 Å². The molecule has 102 valence electrons. The maximum absolute atomic E-state index is 9.67. The Hall–Kier alpha value is -1.41. The van der Waals surface area contributed by atoms with Crippen LogP contribution >= 0.6 is 11.6 Å². The molecule has 0 atom stereocenters. The summed E-state index contributed by atoms with van der Waals surface area (Å²) < 4.78 is 5.73. The SMILES string of the molecule is Cc1c(O)ccc2cc(OCCCCCCl)ccc12. The summed E-state index contributed by atoms with van der Waals surface area (Å²) in [5, 5.41) is 11.8. The lowest BCUT2D eigenvalue weighted by atomic mass is 10.0. The predicted molar refractivity (Wildman–Crippen MR) is 80.4 cm³/mol. The van der Waals surface area contributed by atoms with E-state index in [-0.39, 0.29) is 0 Å². The Morgan fingerprint density at radius 3 is 2.74 bits per heavy atom. The topological polar surface area (TPSA) is 29.5 Å². The molecule has 2 nitrogen and oxygen atoms in total. The van der Waals surface area contributed by atoms with Gasteiger partial charge in [-0.1, -0.05) is 12.1 Å². The highest BCUT2D eigenvalue weighted by Gasteiger charge is 2.03. The van der Waals surface area contributed by atoms with Crippen molar-refractivity contribution in [3.05, 3.63) is 35.9 Å². The number of fused-ring (bicyclic) bond motifs is 1. The number of aromatic hydroxyl groups is 1. The summed E-state index contributed by atoms with van der Waals surface area (Å²) in [6, 6.07) is 9.61. The highest BCUT2D eigenvalue weighted by Crippen LogP contribution is 2.28. The summed E-state index contributed by atoms with van der Waals surface area (Å²) in [7, 11) is 0. The van der Waals surface area contributed by atoms with Crippen molar-refractivity contribution in [1.29, 1.82) is 0 Å². The van der Waals surface area contributed by atoms with Crippen molar-refractivity contribution in [2.24, 2.45) is 0 Å². The highest BCUT2D eigenvalue weighted by atomic mass is 35.5. The van der Waals surface area contributed by atoms with Gasteiger partial charge in [0.05, 0.1) is 6.61 Å². The van der Waals surface area contributed by atoms with Crippen LogP contribution in [0.2, 0.25) is 0 Å². The number of phenolic OH excluding ortho intramolecular Hbond substituents is 1. The van der Waals surface area contributed by atoms with Gasteiger partial charge in [0.25, 0.3) is 0 Å². The van der Waals surface area contributed by atoms with Crippen molar-refractivity contribution in [3.8, 4) is 11.5 Å². The van der Waals surface area contributed by atoms with Gasteiger partial charge in [-0.3, -0.25) is 0 Å². The Balaban J connectivity index is 2.04. The van der Waals surface area contributed by atoms with Crippen LogP contribution in [0.25, 0.3) is 10.8 Å². The molecule has 0 bridgehead atoms. The van der Waals surface area contributed by atoms with Crippen molar-refractivity contribution in [2.45, 2.75) is 26.2 Å². The summed E-state index contributed by atoms with van der Waals surface area (Å²) in [6.45, 7) is 2.64. The fourth-order valence-corrected chi connectivity index (χ4v) is 2.29. The Kier molecular flexibility index (Phi) is 4.92. The molecule has 0 aromatic heterocycles. The number of ether oxygens (including phenoxy) is 1. The molecule has 0 saturated carbocycles. The number of alkyl halides is 1. The van der Waals surface area contributed by atoms with Gasteiger partial charge in [-0.2, -0.15) is 0 Å². The van der Waals surface area contributed by atoms with E-state index in [1.165, 1.54) is 0 Å². The number of hydrogen-bond acceptors (Lipinski definition) is 2. The van der Waals surface area contributed by atoms with Crippen molar-refractivity contribution in [3.63, 3.8) is 0 Å². The van der Waals surface area contributed by atoms with Gasteiger partial charge in [-0.15, -0.1) is 11.6 Å². The van der Waals surface area contributed by atoms with Gasteiger partial charge < -0.3 is 9.84 Å². The van der Waals surface area contributed by atoms with Gasteiger partial charge >= 0.3 is 0 Å². The van der Waals surface area contributed by atoms with Crippen LogP contribution in [0, 0.1) is 6.92 Å². The molecular weight excluding hydrogens is 260 g/mol. The Bertz CT molecular complexity index is 552. The van der Waals surface area contributed by atoms with Crippen molar-refractivity contribution < 1.29 is 9.84 Å². The first-order chi connectivity index (χ1) is 9.22. The third kappa shape index (κ3) is 3.54. The molecule has 1 N–H and O–H groups in total. The molecule has 2 rings (SSSR count). The summed E-state index contributed by atoms with van der Waals surface area (Å²) in [6.07, 6.45) is 3.17. The molecule has 0 radical (unpaired) electrons. The second-order valence-corrected chi connectivity index (χ2v) is 5.07. The predicted octanol–water partition coefficient (Wildman–Crippen LogP) is 4.64. The van der Waals surface area contributed by atoms with E-state index >= 15 is 0 Å². The van der Waals surface area contributed by atoms with Gasteiger partial charge in [0, 0.05) is 5.88 Å². The van der Waals surface area contributed by atoms with E-state index in [0.717, 1.165) is 53.8 Å². The van der Waals surface area contributed by atoms with Crippen LogP contribution in [0.3, 0.4) is 0 Å². The minimum absolute atomic E-state index is 0.335. The minimum atomic E-state index is 0.335. The van der Waals surface area contributed by atoms with E-state index in [0.29, 0.717) is 5.75 Å². The van der Waals surface area contributed by atoms with Crippen LogP contribution in [0.4, 0.5) is 0 Å². The molecule has 0 spiro atoms. The first kappa shape index (κ1) is 14.0. The molecule has 19 heavy (non-hydrogen) atoms. The van der Waals surface area contributed by atoms with E-state index in [2.05, 4.69) is 0 Å². The van der Waals surface area contributed by atoms with E-state index in [9.17, 15) is 5.11 Å². The molecule has 0 unspecified atom stereocenters. The molecular formula is C16H19ClO2. The van der Waals surface area contributed by atoms with Crippen LogP contribution in [-0.2, 0) is 0 Å². The molecule has 0 heterocycles. The van der Waals surface area contributed by atoms with Crippen molar-refractivity contribution in [1.82, 2.24) is 0 Å². The molecule has 0 aliphatic carbocycles. The zero-order chi connectivity index (χ0) is 13.7. The second kappa shape index (κ2) is 6.67. The summed E-state index contributed by atoms with van der Waals surface area (Å²) in [5.41, 5.74) is 0.908. The Morgan fingerprint density at radius 1 is 1.11 bits per heavy atom. The fourth-order valence-electron chi connectivity index (χ4n) is 2.11. The lowest BCUT2D eigenvalue weighted by molar-refractivity contribution is 0.307. The van der Waals surface area contributed by atoms with E-state index in [1.807, 2.05) is 31.2 Å². The monoisotopic (exact) mass is 278 g/mol. The lowest BCUT2D eigenvalue weighted by Crippen LogP contribution is -1.97. The van der Waals surface area contributed by atoms with Gasteiger partial charge in [-0.05, 0) is 60.7 Å². The molecule has 0 fully saturated rings. The average Bonchev–Trinajstić information content (AvgIpc) is 2.43. The molecule has 3 heteroatoms. The number of unbranched alkanes of at least 4 members (excludes halogenated alkanes) is 2. The molecule has 0 aliphatic heterocycles. The van der Waals surface area contributed by atoms with Gasteiger partial charge in [-0.25, -0.2) is 0 Å². The Labute approximate surface area is 119 Å². The fraction of sp³-hybridized carbons (Fsp3) is 0.375. The maximum atomic E-state index is 9.67. The summed E-state index contributed by atoms with van der Waals surface area (Å²) >= 11 is 5.63. The van der Waals surface area contributed by atoms with Crippen molar-refractivity contribution >= 4 is 22.4 Å². The molecule has 2 aromatic carbocycles. The highest BCUT2D eigenvalue weighted by molar-refractivity contribution is 6.17. The average molecular weight is 279 g/mol. The second-order valence-electron chi connectivity index (χ2n) is 4.69. The van der Waals surface area contributed by atoms with Gasteiger partial charge in [0.15, 0.2) is 0 Å². The van der Waals surface area contributed by atoms with Crippen LogP contribution in [0.5, 0.6) is 11.5 Å². The summed E-state index contributed by atoms with van der Waals surface area (Å²) in [5.74, 6) is 1.93. The molecule has 0 amide bonds. The summed E-state index contributed by atoms with van der Waals surface area (Å²) in [4.78, 5) is 0. The number of aryl methyl sites for hydroxylation is 1. The number of benzene rings is 2. The minimum Gasteiger partial charge on any atom is -0.508 e. The number of rotatable bonds is 6. The maximum Gasteiger partial charge on any atom is 0.119 e. The molecule has 2 aromatic rings. The van der Waals surface area contributed by atoms with Gasteiger partial charge in [0.2, 0.25) is 0 Å². The zero-order valence-electron chi connectivity index (χ0n) is 11.2. The van der Waals surface area contributed by atoms with Gasteiger partial charge in [0.1, 0.15) is 11.5 Å². The van der Waals surface area contributed by atoms with Crippen LogP contribution in [0.1, 0.15) is 24.8 Å². The van der Waals surface area contributed by atoms with Crippen LogP contribution in [-0.4, -0.2) is 17.6 Å². The lowest BCUT2D eigenvalue weighted by Gasteiger charge is -2.09.